The molecule has 4 saturated carbocycles. The van der Waals surface area contributed by atoms with Crippen LogP contribution in [0.2, 0.25) is 0 Å². The second kappa shape index (κ2) is 9.32. The number of aryl methyl sites for hydroxylation is 1. The number of hydrogen-bond acceptors (Lipinski definition) is 4. The van der Waals surface area contributed by atoms with Gasteiger partial charge in [-0.05, 0) is 143 Å². The fourth-order valence-electron chi connectivity index (χ4n) is 9.44. The van der Waals surface area contributed by atoms with E-state index < -0.39 is 5.60 Å². The molecule has 0 aromatic heterocycles. The Kier molecular flexibility index (Phi) is 6.70. The van der Waals surface area contributed by atoms with Crippen molar-refractivity contribution in [2.24, 2.45) is 40.9 Å². The first-order valence-corrected chi connectivity index (χ1v) is 14.2. The highest BCUT2D eigenvalue weighted by Crippen LogP contribution is 2.65. The first kappa shape index (κ1) is 24.4. The van der Waals surface area contributed by atoms with Gasteiger partial charge in [-0.15, -0.1) is 0 Å². The summed E-state index contributed by atoms with van der Waals surface area (Å²) in [4.78, 5) is 0. The number of rotatable bonds is 6. The second-order valence-electron chi connectivity index (χ2n) is 12.8. The predicted octanol–water partition coefficient (Wildman–Crippen LogP) is 6.41. The molecule has 4 fully saturated rings. The molecular weight excluding hydrogens is 420 g/mol. The average Bonchev–Trinajstić information content (AvgIpc) is 3.16. The predicted molar refractivity (Wildman–Crippen MR) is 141 cm³/mol. The molecule has 4 N–H and O–H groups in total. The average molecular weight is 469 g/mol. The summed E-state index contributed by atoms with van der Waals surface area (Å²) in [6, 6.07) is 6.74. The van der Waals surface area contributed by atoms with Crippen LogP contribution in [0.4, 0.5) is 11.4 Å². The molecule has 0 spiro atoms. The van der Waals surface area contributed by atoms with Gasteiger partial charge >= 0.3 is 0 Å². The summed E-state index contributed by atoms with van der Waals surface area (Å²) >= 11 is 0. The third kappa shape index (κ3) is 4.28. The summed E-state index contributed by atoms with van der Waals surface area (Å²) < 4.78 is 5.66. The number of anilines is 2. The molecular formula is C30H48N2O2. The van der Waals surface area contributed by atoms with Gasteiger partial charge < -0.3 is 20.9 Å². The number of fused-ring (bicyclic) bond motifs is 5. The minimum absolute atomic E-state index is 0.451. The Bertz CT molecular complexity index is 873. The van der Waals surface area contributed by atoms with E-state index in [1.54, 1.807) is 0 Å². The molecule has 9 atom stereocenters. The lowest BCUT2D eigenvalue weighted by Crippen LogP contribution is -2.52. The van der Waals surface area contributed by atoms with Gasteiger partial charge in [0.25, 0.3) is 0 Å². The van der Waals surface area contributed by atoms with Crippen molar-refractivity contribution in [1.82, 2.24) is 0 Å². The van der Waals surface area contributed by atoms with Crippen molar-refractivity contribution in [1.29, 1.82) is 0 Å². The second-order valence-corrected chi connectivity index (χ2v) is 12.8. The zero-order valence-electron chi connectivity index (χ0n) is 22.0. The monoisotopic (exact) mass is 468 g/mol. The van der Waals surface area contributed by atoms with Crippen molar-refractivity contribution >= 4 is 11.4 Å². The molecule has 0 unspecified atom stereocenters. The van der Waals surface area contributed by atoms with E-state index >= 15 is 0 Å². The Labute approximate surface area is 207 Å². The van der Waals surface area contributed by atoms with E-state index in [9.17, 15) is 5.11 Å². The van der Waals surface area contributed by atoms with Crippen molar-refractivity contribution in [2.45, 2.75) is 97.1 Å². The molecule has 0 amide bonds. The highest BCUT2D eigenvalue weighted by molar-refractivity contribution is 5.58. The number of nitrogens with two attached hydrogens (primary N) is 1. The SMILES string of the molecule is CCOC[C@@]1(O)CC[C@H]2[C@H](CC[C@@H]3[C@@H]2CC[C@]2(C)[C@@H]([C@@H](C)Nc4ccc(N)cc4C)CC[C@@H]32)C1. The summed E-state index contributed by atoms with van der Waals surface area (Å²) in [5.74, 6) is 4.92. The van der Waals surface area contributed by atoms with Crippen LogP contribution in [0.5, 0.6) is 0 Å². The van der Waals surface area contributed by atoms with Crippen molar-refractivity contribution in [2.75, 3.05) is 24.3 Å². The van der Waals surface area contributed by atoms with E-state index in [4.69, 9.17) is 10.5 Å². The van der Waals surface area contributed by atoms with E-state index in [1.807, 2.05) is 13.0 Å². The maximum Gasteiger partial charge on any atom is 0.0883 e. The summed E-state index contributed by atoms with van der Waals surface area (Å²) in [6.45, 7) is 10.5. The lowest BCUT2D eigenvalue weighted by molar-refractivity contribution is -0.128. The van der Waals surface area contributed by atoms with Gasteiger partial charge in [0.05, 0.1) is 12.2 Å². The Balaban J connectivity index is 1.26. The van der Waals surface area contributed by atoms with Crippen LogP contribution in [0, 0.1) is 47.8 Å². The highest BCUT2D eigenvalue weighted by atomic mass is 16.5. The number of nitrogens with one attached hydrogen (secondary N) is 1. The van der Waals surface area contributed by atoms with Gasteiger partial charge in [0.1, 0.15) is 0 Å². The van der Waals surface area contributed by atoms with Crippen LogP contribution in [0.25, 0.3) is 0 Å². The standard InChI is InChI=1S/C30H48N2O2/c1-5-34-18-30(33)15-13-23-21(17-30)6-8-25-24(23)12-14-29(4)26(9-10-27(25)29)20(3)32-28-11-7-22(31)16-19(28)2/h7,11,16,20-21,23-27,32-33H,5-6,8-10,12-15,17-18,31H2,1-4H3/t20-,21-,23+,24-,25-,26-,27+,29-,30-/m1/s1. The van der Waals surface area contributed by atoms with Crippen LogP contribution in [-0.2, 0) is 4.74 Å². The number of benzene rings is 1. The maximum atomic E-state index is 11.1. The van der Waals surface area contributed by atoms with Crippen molar-refractivity contribution in [3.63, 3.8) is 0 Å². The minimum Gasteiger partial charge on any atom is -0.399 e. The molecule has 4 heteroatoms. The summed E-state index contributed by atoms with van der Waals surface area (Å²) in [7, 11) is 0. The quantitative estimate of drug-likeness (QED) is 0.422. The van der Waals surface area contributed by atoms with Gasteiger partial charge in [-0.3, -0.25) is 0 Å². The van der Waals surface area contributed by atoms with Crippen LogP contribution in [-0.4, -0.2) is 30.0 Å². The van der Waals surface area contributed by atoms with Crippen LogP contribution in [0.15, 0.2) is 18.2 Å². The number of aliphatic hydroxyl groups is 1. The van der Waals surface area contributed by atoms with Gasteiger partial charge in [-0.2, -0.15) is 0 Å². The van der Waals surface area contributed by atoms with E-state index in [-0.39, 0.29) is 0 Å². The maximum absolute atomic E-state index is 11.1. The molecule has 0 bridgehead atoms. The molecule has 0 heterocycles. The van der Waals surface area contributed by atoms with E-state index in [2.05, 4.69) is 38.2 Å². The van der Waals surface area contributed by atoms with Crippen molar-refractivity contribution in [3.05, 3.63) is 23.8 Å². The number of nitrogen functional groups attached to an aromatic ring is 1. The van der Waals surface area contributed by atoms with Crippen LogP contribution in [0.1, 0.15) is 84.1 Å². The molecule has 1 aromatic rings. The molecule has 0 radical (unpaired) electrons. The van der Waals surface area contributed by atoms with Gasteiger partial charge in [-0.25, -0.2) is 0 Å². The van der Waals surface area contributed by atoms with E-state index in [0.717, 1.165) is 48.1 Å². The molecule has 0 saturated heterocycles. The third-order valence-electron chi connectivity index (χ3n) is 11.0. The van der Waals surface area contributed by atoms with Gasteiger partial charge in [0, 0.05) is 24.0 Å². The number of hydrogen-bond donors (Lipinski definition) is 3. The van der Waals surface area contributed by atoms with E-state index in [1.165, 1.54) is 56.2 Å². The lowest BCUT2D eigenvalue weighted by Gasteiger charge is -2.57. The Morgan fingerprint density at radius 1 is 1.09 bits per heavy atom. The molecule has 190 valence electrons. The van der Waals surface area contributed by atoms with Crippen molar-refractivity contribution < 1.29 is 9.84 Å². The van der Waals surface area contributed by atoms with Crippen LogP contribution in [0.3, 0.4) is 0 Å². The molecule has 0 aliphatic heterocycles. The van der Waals surface area contributed by atoms with Crippen LogP contribution < -0.4 is 11.1 Å². The topological polar surface area (TPSA) is 67.5 Å². The lowest BCUT2D eigenvalue weighted by atomic mass is 9.48. The molecule has 4 aliphatic carbocycles. The Morgan fingerprint density at radius 2 is 1.88 bits per heavy atom. The van der Waals surface area contributed by atoms with Gasteiger partial charge in [-0.1, -0.05) is 6.92 Å². The fourth-order valence-corrected chi connectivity index (χ4v) is 9.44. The smallest absolute Gasteiger partial charge is 0.0883 e. The zero-order valence-corrected chi connectivity index (χ0v) is 22.0. The minimum atomic E-state index is -0.576. The zero-order chi connectivity index (χ0) is 24.1. The molecule has 1 aromatic carbocycles. The van der Waals surface area contributed by atoms with Crippen molar-refractivity contribution in [3.8, 4) is 0 Å². The first-order valence-electron chi connectivity index (χ1n) is 14.2. The van der Waals surface area contributed by atoms with Gasteiger partial charge in [0.2, 0.25) is 0 Å². The summed E-state index contributed by atoms with van der Waals surface area (Å²) in [5, 5.41) is 15.0. The summed E-state index contributed by atoms with van der Waals surface area (Å²) in [6.07, 6.45) is 11.3. The highest BCUT2D eigenvalue weighted by Gasteiger charge is 2.58. The van der Waals surface area contributed by atoms with E-state index in [0.29, 0.717) is 30.6 Å². The molecule has 5 rings (SSSR count). The molecule has 34 heavy (non-hydrogen) atoms. The Morgan fingerprint density at radius 3 is 2.65 bits per heavy atom. The fraction of sp³-hybridized carbons (Fsp3) is 0.800. The Hall–Kier alpha value is -1.26. The largest absolute Gasteiger partial charge is 0.399 e. The third-order valence-corrected chi connectivity index (χ3v) is 11.0. The summed E-state index contributed by atoms with van der Waals surface area (Å²) in [5.41, 5.74) is 9.19. The van der Waals surface area contributed by atoms with Gasteiger partial charge in [0.15, 0.2) is 0 Å². The van der Waals surface area contributed by atoms with Crippen LogP contribution >= 0.6 is 0 Å². The number of ether oxygens (including phenoxy) is 1. The molecule has 4 nitrogen and oxygen atoms in total. The normalized spacial score (nSPS) is 42.4. The molecule has 4 aliphatic rings. The first-order chi connectivity index (χ1) is 16.2.